The Bertz CT molecular complexity index is 1730. The number of fused-ring (bicyclic) bond motifs is 1. The standard InChI is InChI=1S/C32H45F3N6O5S3/c1-48(43,44)39-15-9-28-26(23-39)31(36-41(28)12-3-10-37-13-7-25(8-14-37)40-11-2-4-30(40)42)24-5-6-27(32(33,34)35)29(22-24)47-19-16-38-17-20-49(45,46)21-18-38/h5-6,22,25H,2-4,7-21,23H2,1H3. The highest BCUT2D eigenvalue weighted by molar-refractivity contribution is 7.99. The van der Waals surface area contributed by atoms with E-state index in [1.165, 1.54) is 16.4 Å². The Labute approximate surface area is 291 Å². The van der Waals surface area contributed by atoms with Crippen LogP contribution in [0.1, 0.15) is 48.9 Å². The molecule has 6 rings (SSSR count). The van der Waals surface area contributed by atoms with Crippen LogP contribution in [0.15, 0.2) is 23.1 Å². The molecule has 0 spiro atoms. The molecular weight excluding hydrogens is 702 g/mol. The molecule has 0 atom stereocenters. The number of thioether (sulfide) groups is 1. The highest BCUT2D eigenvalue weighted by Gasteiger charge is 2.35. The maximum absolute atomic E-state index is 14.1. The number of rotatable bonds is 11. The van der Waals surface area contributed by atoms with E-state index >= 15 is 0 Å². The molecule has 49 heavy (non-hydrogen) atoms. The Balaban J connectivity index is 1.18. The van der Waals surface area contributed by atoms with Crippen LogP contribution in [0.25, 0.3) is 11.3 Å². The van der Waals surface area contributed by atoms with Crippen LogP contribution >= 0.6 is 11.8 Å². The lowest BCUT2D eigenvalue weighted by Crippen LogP contribution is -2.45. The zero-order valence-corrected chi connectivity index (χ0v) is 30.3. The number of carbonyl (C=O) groups is 1. The van der Waals surface area contributed by atoms with Crippen LogP contribution in [0, 0.1) is 0 Å². The summed E-state index contributed by atoms with van der Waals surface area (Å²) in [5.41, 5.74) is 1.89. The second kappa shape index (κ2) is 14.8. The van der Waals surface area contributed by atoms with Gasteiger partial charge in [-0.05, 0) is 44.4 Å². The molecule has 0 saturated carbocycles. The van der Waals surface area contributed by atoms with Gasteiger partial charge < -0.3 is 14.7 Å². The average molecular weight is 747 g/mol. The van der Waals surface area contributed by atoms with Crippen molar-refractivity contribution in [2.45, 2.75) is 68.7 Å². The lowest BCUT2D eigenvalue weighted by molar-refractivity contribution is -0.139. The minimum atomic E-state index is -4.57. The molecule has 11 nitrogen and oxygen atoms in total. The first-order chi connectivity index (χ1) is 23.2. The zero-order chi connectivity index (χ0) is 35.0. The van der Waals surface area contributed by atoms with Crippen LogP contribution in [-0.2, 0) is 50.3 Å². The van der Waals surface area contributed by atoms with Crippen molar-refractivity contribution < 1.29 is 34.8 Å². The van der Waals surface area contributed by atoms with E-state index in [1.54, 1.807) is 0 Å². The molecule has 1 amide bonds. The topological polar surface area (TPSA) is 116 Å². The van der Waals surface area contributed by atoms with Gasteiger partial charge in [0, 0.05) is 105 Å². The largest absolute Gasteiger partial charge is 0.417 e. The lowest BCUT2D eigenvalue weighted by atomic mass is 10.0. The molecule has 1 aromatic heterocycles. The van der Waals surface area contributed by atoms with Crippen molar-refractivity contribution in [2.24, 2.45) is 0 Å². The molecule has 3 saturated heterocycles. The maximum Gasteiger partial charge on any atom is 0.417 e. The van der Waals surface area contributed by atoms with E-state index in [0.29, 0.717) is 68.6 Å². The number of carbonyl (C=O) groups excluding carboxylic acids is 1. The van der Waals surface area contributed by atoms with Gasteiger partial charge in [0.15, 0.2) is 9.84 Å². The number of amides is 1. The van der Waals surface area contributed by atoms with E-state index in [1.807, 2.05) is 14.5 Å². The molecule has 0 aliphatic carbocycles. The molecule has 3 fully saturated rings. The van der Waals surface area contributed by atoms with Gasteiger partial charge >= 0.3 is 6.18 Å². The predicted molar refractivity (Wildman–Crippen MR) is 182 cm³/mol. The monoisotopic (exact) mass is 746 g/mol. The Hall–Kier alpha value is -2.18. The number of aromatic nitrogens is 2. The summed E-state index contributed by atoms with van der Waals surface area (Å²) in [6.07, 6.45) is 1.38. The quantitative estimate of drug-likeness (QED) is 0.320. The Morgan fingerprint density at radius 3 is 2.33 bits per heavy atom. The number of piperidine rings is 1. The second-order valence-electron chi connectivity index (χ2n) is 13.5. The summed E-state index contributed by atoms with van der Waals surface area (Å²) in [5.74, 6) is 0.729. The van der Waals surface area contributed by atoms with Gasteiger partial charge in [-0.25, -0.2) is 16.8 Å². The van der Waals surface area contributed by atoms with Crippen molar-refractivity contribution in [3.05, 3.63) is 35.0 Å². The molecular formula is C32H45F3N6O5S3. The molecule has 5 heterocycles. The summed E-state index contributed by atoms with van der Waals surface area (Å²) < 4.78 is 94.2. The first-order valence-electron chi connectivity index (χ1n) is 17.0. The molecule has 272 valence electrons. The summed E-state index contributed by atoms with van der Waals surface area (Å²) in [6.45, 7) is 5.76. The highest BCUT2D eigenvalue weighted by atomic mass is 32.2. The van der Waals surface area contributed by atoms with Crippen molar-refractivity contribution in [3.8, 4) is 11.3 Å². The lowest BCUT2D eigenvalue weighted by Gasteiger charge is -2.36. The Kier molecular flexibility index (Phi) is 11.1. The number of alkyl halides is 3. The fourth-order valence-electron chi connectivity index (χ4n) is 7.40. The number of sulfonamides is 1. The van der Waals surface area contributed by atoms with E-state index < -0.39 is 31.6 Å². The minimum absolute atomic E-state index is 0.0542. The number of aryl methyl sites for hydroxylation is 1. The molecule has 0 N–H and O–H groups in total. The van der Waals surface area contributed by atoms with Crippen LogP contribution in [0.3, 0.4) is 0 Å². The highest BCUT2D eigenvalue weighted by Crippen LogP contribution is 2.40. The van der Waals surface area contributed by atoms with Gasteiger partial charge in [-0.3, -0.25) is 9.48 Å². The van der Waals surface area contributed by atoms with Crippen LogP contribution in [0.2, 0.25) is 0 Å². The van der Waals surface area contributed by atoms with Crippen molar-refractivity contribution in [1.29, 1.82) is 0 Å². The normalized spacial score (nSPS) is 21.8. The number of halogens is 3. The zero-order valence-electron chi connectivity index (χ0n) is 27.8. The number of nitrogens with zero attached hydrogens (tertiary/aromatic N) is 6. The second-order valence-corrected chi connectivity index (χ2v) is 18.9. The number of sulfone groups is 1. The molecule has 17 heteroatoms. The van der Waals surface area contributed by atoms with Gasteiger partial charge in [-0.1, -0.05) is 6.07 Å². The Morgan fingerprint density at radius 2 is 1.67 bits per heavy atom. The van der Waals surface area contributed by atoms with Crippen molar-refractivity contribution in [2.75, 3.05) is 75.9 Å². The first kappa shape index (κ1) is 36.6. The number of likely N-dealkylation sites (tertiary alicyclic amines) is 2. The van der Waals surface area contributed by atoms with E-state index in [9.17, 15) is 34.8 Å². The van der Waals surface area contributed by atoms with Crippen LogP contribution in [0.4, 0.5) is 13.2 Å². The number of benzene rings is 1. The molecule has 0 radical (unpaired) electrons. The van der Waals surface area contributed by atoms with Crippen molar-refractivity contribution in [1.82, 2.24) is 28.8 Å². The van der Waals surface area contributed by atoms with Crippen LogP contribution < -0.4 is 0 Å². The molecule has 4 aliphatic rings. The smallest absolute Gasteiger partial charge is 0.340 e. The molecule has 1 aromatic carbocycles. The molecule has 2 aromatic rings. The predicted octanol–water partition coefficient (Wildman–Crippen LogP) is 3.19. The third-order valence-electron chi connectivity index (χ3n) is 10.2. The molecule has 0 unspecified atom stereocenters. The minimum Gasteiger partial charge on any atom is -0.340 e. The third-order valence-corrected chi connectivity index (χ3v) is 14.1. The van der Waals surface area contributed by atoms with E-state index in [-0.39, 0.29) is 28.9 Å². The summed E-state index contributed by atoms with van der Waals surface area (Å²) in [6, 6.07) is 4.33. The molecule has 4 aliphatic heterocycles. The van der Waals surface area contributed by atoms with Gasteiger partial charge in [0.1, 0.15) is 0 Å². The Morgan fingerprint density at radius 1 is 0.959 bits per heavy atom. The SMILES string of the molecule is CS(=O)(=O)N1CCc2c(c(-c3ccc(C(F)(F)F)c(SCCN4CCS(=O)(=O)CC4)c3)nn2CCCN2CCC(N3CCCC3=O)CC2)C1. The number of hydrogen-bond donors (Lipinski definition) is 0. The fourth-order valence-corrected chi connectivity index (χ4v) is 10.6. The average Bonchev–Trinajstić information content (AvgIpc) is 3.64. The van der Waals surface area contributed by atoms with Crippen LogP contribution in [-0.4, -0.2) is 133 Å². The van der Waals surface area contributed by atoms with Crippen molar-refractivity contribution >= 4 is 37.5 Å². The van der Waals surface area contributed by atoms with E-state index in [0.717, 1.165) is 87.2 Å². The summed E-state index contributed by atoms with van der Waals surface area (Å²) in [7, 11) is -6.55. The van der Waals surface area contributed by atoms with Gasteiger partial charge in [0.25, 0.3) is 0 Å². The van der Waals surface area contributed by atoms with Crippen molar-refractivity contribution in [3.63, 3.8) is 0 Å². The number of hydrogen-bond acceptors (Lipinski definition) is 9. The molecule has 0 bridgehead atoms. The van der Waals surface area contributed by atoms with E-state index in [4.69, 9.17) is 5.10 Å². The van der Waals surface area contributed by atoms with Gasteiger partial charge in [0.2, 0.25) is 15.9 Å². The fraction of sp³-hybridized carbons (Fsp3) is 0.688. The van der Waals surface area contributed by atoms with Gasteiger partial charge in [0.05, 0.1) is 29.0 Å². The van der Waals surface area contributed by atoms with Gasteiger partial charge in [-0.2, -0.15) is 22.6 Å². The first-order valence-corrected chi connectivity index (χ1v) is 21.7. The third kappa shape index (κ3) is 8.83. The summed E-state index contributed by atoms with van der Waals surface area (Å²) in [4.78, 5) is 18.7. The van der Waals surface area contributed by atoms with Crippen LogP contribution in [0.5, 0.6) is 0 Å². The maximum atomic E-state index is 14.1. The summed E-state index contributed by atoms with van der Waals surface area (Å²) in [5, 5.41) is 4.91. The van der Waals surface area contributed by atoms with E-state index in [2.05, 4.69) is 4.90 Å². The summed E-state index contributed by atoms with van der Waals surface area (Å²) >= 11 is 1.08. The van der Waals surface area contributed by atoms with Gasteiger partial charge in [-0.15, -0.1) is 11.8 Å².